The largest absolute Gasteiger partial charge is 0.489 e. The highest BCUT2D eigenvalue weighted by atomic mass is 16.5. The zero-order valence-electron chi connectivity index (χ0n) is 12.4. The van der Waals surface area contributed by atoms with Gasteiger partial charge in [-0.3, -0.25) is 4.79 Å². The summed E-state index contributed by atoms with van der Waals surface area (Å²) >= 11 is 0. The molecule has 0 saturated carbocycles. The number of ether oxygens (including phenoxy) is 1. The molecule has 2 rings (SSSR count). The van der Waals surface area contributed by atoms with Gasteiger partial charge in [-0.1, -0.05) is 47.5 Å². The van der Waals surface area contributed by atoms with Crippen molar-refractivity contribution in [1.82, 2.24) is 0 Å². The summed E-state index contributed by atoms with van der Waals surface area (Å²) in [5.74, 6) is -0.0246. The molecule has 0 heterocycles. The van der Waals surface area contributed by atoms with Gasteiger partial charge in [0.2, 0.25) is 0 Å². The summed E-state index contributed by atoms with van der Waals surface area (Å²) in [6, 6.07) is 14.1. The van der Waals surface area contributed by atoms with Crippen LogP contribution in [-0.2, 0) is 17.8 Å². The topological polar surface area (TPSA) is 46.5 Å². The zero-order valence-corrected chi connectivity index (χ0v) is 12.4. The second-order valence-electron chi connectivity index (χ2n) is 5.28. The number of hydrogen-bond acceptors (Lipinski definition) is 2. The molecule has 2 aromatic rings. The van der Waals surface area contributed by atoms with Gasteiger partial charge >= 0.3 is 5.97 Å². The number of benzene rings is 2. The van der Waals surface area contributed by atoms with Crippen LogP contribution in [0.2, 0.25) is 0 Å². The summed E-state index contributed by atoms with van der Waals surface area (Å²) in [6.07, 6.45) is 0.602. The third-order valence-corrected chi connectivity index (χ3v) is 3.34. The molecule has 0 bridgehead atoms. The Balaban J connectivity index is 2.07. The van der Waals surface area contributed by atoms with Crippen molar-refractivity contribution in [3.63, 3.8) is 0 Å². The van der Waals surface area contributed by atoms with Gasteiger partial charge in [-0.2, -0.15) is 0 Å². The molecule has 21 heavy (non-hydrogen) atoms. The standard InChI is InChI=1S/C18H20O3/c1-13-3-6-15(7-4-13)12-21-17-9-5-14(2)11-16(17)8-10-18(19)20/h3-7,9,11H,8,10,12H2,1-2H3,(H,19,20). The predicted octanol–water partition coefficient (Wildman–Crippen LogP) is 3.90. The van der Waals surface area contributed by atoms with Crippen LogP contribution in [0.4, 0.5) is 0 Å². The van der Waals surface area contributed by atoms with Crippen LogP contribution in [-0.4, -0.2) is 11.1 Å². The normalized spacial score (nSPS) is 10.4. The third kappa shape index (κ3) is 4.63. The average Bonchev–Trinajstić information content (AvgIpc) is 2.45. The molecule has 0 unspecified atom stereocenters. The zero-order chi connectivity index (χ0) is 15.2. The predicted molar refractivity (Wildman–Crippen MR) is 82.6 cm³/mol. The monoisotopic (exact) mass is 284 g/mol. The van der Waals surface area contributed by atoms with Crippen molar-refractivity contribution < 1.29 is 14.6 Å². The highest BCUT2D eigenvalue weighted by Crippen LogP contribution is 2.23. The number of carbonyl (C=O) groups is 1. The maximum absolute atomic E-state index is 10.7. The fourth-order valence-corrected chi connectivity index (χ4v) is 2.13. The first kappa shape index (κ1) is 15.1. The first-order valence-electron chi connectivity index (χ1n) is 7.04. The summed E-state index contributed by atoms with van der Waals surface area (Å²) in [7, 11) is 0. The third-order valence-electron chi connectivity index (χ3n) is 3.34. The van der Waals surface area contributed by atoms with E-state index in [0.717, 1.165) is 22.4 Å². The lowest BCUT2D eigenvalue weighted by Gasteiger charge is -2.12. The van der Waals surface area contributed by atoms with Crippen molar-refractivity contribution in [2.75, 3.05) is 0 Å². The molecule has 0 aromatic heterocycles. The first-order chi connectivity index (χ1) is 10.0. The Morgan fingerprint density at radius 2 is 1.71 bits per heavy atom. The molecule has 1 N–H and O–H groups in total. The van der Waals surface area contributed by atoms with E-state index in [2.05, 4.69) is 19.1 Å². The molecule has 3 nitrogen and oxygen atoms in total. The number of rotatable bonds is 6. The Bertz CT molecular complexity index is 615. The molecule has 3 heteroatoms. The van der Waals surface area contributed by atoms with Crippen LogP contribution >= 0.6 is 0 Å². The Morgan fingerprint density at radius 3 is 2.38 bits per heavy atom. The fraction of sp³-hybridized carbons (Fsp3) is 0.278. The van der Waals surface area contributed by atoms with Crippen LogP contribution in [0.3, 0.4) is 0 Å². The van der Waals surface area contributed by atoms with Crippen LogP contribution in [0.5, 0.6) is 5.75 Å². The Hall–Kier alpha value is -2.29. The molecule has 0 aliphatic carbocycles. The van der Waals surface area contributed by atoms with E-state index in [1.54, 1.807) is 0 Å². The average molecular weight is 284 g/mol. The minimum atomic E-state index is -0.791. The van der Waals surface area contributed by atoms with Crippen molar-refractivity contribution in [1.29, 1.82) is 0 Å². The second kappa shape index (κ2) is 6.93. The number of aliphatic carboxylic acids is 1. The van der Waals surface area contributed by atoms with Crippen LogP contribution < -0.4 is 4.74 Å². The van der Waals surface area contributed by atoms with Crippen molar-refractivity contribution in [2.45, 2.75) is 33.3 Å². The van der Waals surface area contributed by atoms with Crippen LogP contribution in [0.15, 0.2) is 42.5 Å². The lowest BCUT2D eigenvalue weighted by molar-refractivity contribution is -0.136. The van der Waals surface area contributed by atoms with E-state index in [0.29, 0.717) is 13.0 Å². The van der Waals surface area contributed by atoms with Crippen molar-refractivity contribution >= 4 is 5.97 Å². The van der Waals surface area contributed by atoms with E-state index in [9.17, 15) is 4.79 Å². The molecular formula is C18H20O3. The minimum absolute atomic E-state index is 0.115. The number of aryl methyl sites for hydroxylation is 3. The summed E-state index contributed by atoms with van der Waals surface area (Å²) in [4.78, 5) is 10.7. The molecule has 0 fully saturated rings. The molecule has 0 saturated heterocycles. The number of carboxylic acids is 1. The smallest absolute Gasteiger partial charge is 0.303 e. The SMILES string of the molecule is Cc1ccc(COc2ccc(C)cc2CCC(=O)O)cc1. The van der Waals surface area contributed by atoms with Crippen LogP contribution in [0.1, 0.15) is 28.7 Å². The van der Waals surface area contributed by atoms with E-state index >= 15 is 0 Å². The van der Waals surface area contributed by atoms with Gasteiger partial charge in [0.1, 0.15) is 12.4 Å². The van der Waals surface area contributed by atoms with Gasteiger partial charge < -0.3 is 9.84 Å². The first-order valence-corrected chi connectivity index (χ1v) is 7.04. The van der Waals surface area contributed by atoms with Gasteiger partial charge in [-0.05, 0) is 37.5 Å². The van der Waals surface area contributed by atoms with Crippen molar-refractivity contribution in [2.24, 2.45) is 0 Å². The van der Waals surface area contributed by atoms with E-state index < -0.39 is 5.97 Å². The minimum Gasteiger partial charge on any atom is -0.489 e. The molecule has 0 atom stereocenters. The fourth-order valence-electron chi connectivity index (χ4n) is 2.13. The van der Waals surface area contributed by atoms with Crippen LogP contribution in [0.25, 0.3) is 0 Å². The lowest BCUT2D eigenvalue weighted by atomic mass is 10.1. The Morgan fingerprint density at radius 1 is 1.05 bits per heavy atom. The quantitative estimate of drug-likeness (QED) is 0.875. The molecule has 0 radical (unpaired) electrons. The van der Waals surface area contributed by atoms with Gasteiger partial charge in [0.25, 0.3) is 0 Å². The molecule has 110 valence electrons. The summed E-state index contributed by atoms with van der Waals surface area (Å²) < 4.78 is 5.86. The Kier molecular flexibility index (Phi) is 4.99. The lowest BCUT2D eigenvalue weighted by Crippen LogP contribution is -2.02. The van der Waals surface area contributed by atoms with Gasteiger partial charge in [-0.15, -0.1) is 0 Å². The van der Waals surface area contributed by atoms with Gasteiger partial charge in [0, 0.05) is 6.42 Å². The highest BCUT2D eigenvalue weighted by molar-refractivity contribution is 5.67. The van der Waals surface area contributed by atoms with Gasteiger partial charge in [0.05, 0.1) is 0 Å². The van der Waals surface area contributed by atoms with Crippen molar-refractivity contribution in [3.05, 3.63) is 64.7 Å². The van der Waals surface area contributed by atoms with E-state index in [-0.39, 0.29) is 6.42 Å². The van der Waals surface area contributed by atoms with Crippen LogP contribution in [0, 0.1) is 13.8 Å². The van der Waals surface area contributed by atoms with E-state index in [1.807, 2.05) is 37.3 Å². The second-order valence-corrected chi connectivity index (χ2v) is 5.28. The summed E-state index contributed by atoms with van der Waals surface area (Å²) in [5, 5.41) is 8.83. The molecule has 0 aliphatic heterocycles. The number of carboxylic acid groups (broad SMARTS) is 1. The molecule has 0 amide bonds. The molecular weight excluding hydrogens is 264 g/mol. The Labute approximate surface area is 125 Å². The van der Waals surface area contributed by atoms with E-state index in [1.165, 1.54) is 5.56 Å². The van der Waals surface area contributed by atoms with Gasteiger partial charge in [0.15, 0.2) is 0 Å². The summed E-state index contributed by atoms with van der Waals surface area (Å²) in [5.41, 5.74) is 4.38. The summed E-state index contributed by atoms with van der Waals surface area (Å²) in [6.45, 7) is 4.53. The molecule has 0 aliphatic rings. The maximum atomic E-state index is 10.7. The highest BCUT2D eigenvalue weighted by Gasteiger charge is 2.07. The van der Waals surface area contributed by atoms with Gasteiger partial charge in [-0.25, -0.2) is 0 Å². The number of hydrogen-bond donors (Lipinski definition) is 1. The van der Waals surface area contributed by atoms with E-state index in [4.69, 9.17) is 9.84 Å². The molecule has 2 aromatic carbocycles. The van der Waals surface area contributed by atoms with Crippen molar-refractivity contribution in [3.8, 4) is 5.75 Å². The molecule has 0 spiro atoms. The maximum Gasteiger partial charge on any atom is 0.303 e.